The van der Waals surface area contributed by atoms with Gasteiger partial charge in [0.2, 0.25) is 5.78 Å². The predicted octanol–water partition coefficient (Wildman–Crippen LogP) is 3.17. The van der Waals surface area contributed by atoms with E-state index in [0.29, 0.717) is 0 Å². The second-order valence-electron chi connectivity index (χ2n) is 14.4. The van der Waals surface area contributed by atoms with Crippen molar-refractivity contribution in [1.82, 2.24) is 5.32 Å². The second-order valence-corrected chi connectivity index (χ2v) is 14.4. The molecule has 54 heavy (non-hydrogen) atoms. The van der Waals surface area contributed by atoms with Gasteiger partial charge in [-0.2, -0.15) is 0 Å². The van der Waals surface area contributed by atoms with Crippen LogP contribution in [0, 0.1) is 30.6 Å². The lowest BCUT2D eigenvalue weighted by molar-refractivity contribution is -0.161. The largest absolute Gasteiger partial charge is 0.507 e. The topological polar surface area (TPSA) is 213 Å². The van der Waals surface area contributed by atoms with Crippen LogP contribution in [0.5, 0.6) is 11.5 Å². The number of esters is 2. The molecule has 1 fully saturated rings. The number of phenols is 1. The summed E-state index contributed by atoms with van der Waals surface area (Å²) in [4.78, 5) is 66.6. The molecular formula is C39H47NO14. The van der Waals surface area contributed by atoms with Crippen molar-refractivity contribution in [3.05, 3.63) is 70.2 Å². The molecule has 1 aliphatic carbocycles. The first kappa shape index (κ1) is 40.4. The molecule has 6 rings (SSSR count). The Labute approximate surface area is 312 Å². The molecule has 0 saturated carbocycles. The van der Waals surface area contributed by atoms with E-state index in [4.69, 9.17) is 28.4 Å². The number of fused-ring (bicyclic) bond motifs is 13. The van der Waals surface area contributed by atoms with E-state index < -0.39 is 107 Å². The van der Waals surface area contributed by atoms with Gasteiger partial charge in [0.25, 0.3) is 17.5 Å². The van der Waals surface area contributed by atoms with E-state index in [-0.39, 0.29) is 33.7 Å². The maximum Gasteiger partial charge on any atom is 0.335 e. The molecule has 10 atom stereocenters. The Kier molecular flexibility index (Phi) is 11.3. The van der Waals surface area contributed by atoms with Gasteiger partial charge in [-0.3, -0.25) is 19.2 Å². The SMILES string of the molecule is CO[C@H]1C=CO[C@@]2(C)Oc3c(C)c(O)c4c(c3C2=O)[C@@]2(C=C(NC(=O)C(C)=CC=C[C@H](C)[C@H](O)[C@@H](C)[C@@H](O)[C@@H](C)[C@H](OC(C)=O)[C@@H]1C)C4=O)OCC(=O)O2. The molecule has 292 valence electrons. The number of rotatable bonds is 2. The van der Waals surface area contributed by atoms with Gasteiger partial charge in [0.05, 0.1) is 47.0 Å². The molecule has 1 amide bonds. The molecule has 0 unspecified atom stereocenters. The van der Waals surface area contributed by atoms with Crippen LogP contribution in [0.15, 0.2) is 47.9 Å². The zero-order valence-electron chi connectivity index (χ0n) is 31.6. The lowest BCUT2D eigenvalue weighted by atomic mass is 9.78. The van der Waals surface area contributed by atoms with E-state index in [1.165, 1.54) is 47.0 Å². The molecule has 1 aromatic carbocycles. The predicted molar refractivity (Wildman–Crippen MR) is 189 cm³/mol. The number of amides is 1. The van der Waals surface area contributed by atoms with Gasteiger partial charge < -0.3 is 49.1 Å². The number of ether oxygens (including phenoxy) is 6. The molecule has 0 aromatic heterocycles. The van der Waals surface area contributed by atoms with Crippen LogP contribution >= 0.6 is 0 Å². The van der Waals surface area contributed by atoms with Crippen LogP contribution in [0.4, 0.5) is 0 Å². The number of phenolic OH excluding ortho intramolecular Hbond substituents is 1. The lowest BCUT2D eigenvalue weighted by Gasteiger charge is -2.38. The van der Waals surface area contributed by atoms with Crippen molar-refractivity contribution in [2.45, 2.75) is 91.4 Å². The molecule has 15 nitrogen and oxygen atoms in total. The number of aromatic hydroxyl groups is 1. The van der Waals surface area contributed by atoms with E-state index in [1.807, 2.05) is 0 Å². The van der Waals surface area contributed by atoms with Gasteiger partial charge in [-0.1, -0.05) is 45.9 Å². The number of methoxy groups -OCH3 is 1. The Morgan fingerprint density at radius 2 is 1.65 bits per heavy atom. The lowest BCUT2D eigenvalue weighted by Crippen LogP contribution is -2.46. The molecule has 4 aliphatic heterocycles. The number of allylic oxidation sites excluding steroid dienone is 3. The number of hydrogen-bond acceptors (Lipinski definition) is 14. The standard InChI is InChI=1S/C39H47NO14/c1-17-11-10-12-18(2)37(48)40-24-15-39(51-16-26(42)53-39)29-27(33(24)46)32(45)22(6)35-28(29)36(47)38(8,54-35)50-14-13-25(49-9)19(3)34(52-23(7)41)21(5)31(44)20(4)30(17)43/h10-15,17,19-21,25,30-31,34,43-45H,16H2,1-9H3,(H,40,48)/t17-,19+,20+,21+,25-,30-,31+,34+,38-,39-/m0/s1. The summed E-state index contributed by atoms with van der Waals surface area (Å²) in [5.74, 6) is -11.4. The van der Waals surface area contributed by atoms with Gasteiger partial charge in [0.1, 0.15) is 24.2 Å². The van der Waals surface area contributed by atoms with Crippen molar-refractivity contribution in [2.24, 2.45) is 23.7 Å². The van der Waals surface area contributed by atoms with Crippen LogP contribution in [0.3, 0.4) is 0 Å². The summed E-state index contributed by atoms with van der Waals surface area (Å²) in [5.41, 5.74) is -1.23. The Bertz CT molecular complexity index is 1880. The highest BCUT2D eigenvalue weighted by molar-refractivity contribution is 6.19. The number of nitrogens with one attached hydrogen (secondary N) is 1. The van der Waals surface area contributed by atoms with Crippen LogP contribution in [-0.2, 0) is 43.9 Å². The molecule has 1 saturated heterocycles. The van der Waals surface area contributed by atoms with E-state index in [2.05, 4.69) is 5.32 Å². The van der Waals surface area contributed by atoms with E-state index >= 15 is 0 Å². The Morgan fingerprint density at radius 3 is 2.26 bits per heavy atom. The third-order valence-corrected chi connectivity index (χ3v) is 10.6. The average molecular weight is 754 g/mol. The fraction of sp³-hybridized carbons (Fsp3) is 0.513. The number of hydrogen-bond donors (Lipinski definition) is 4. The number of aliphatic hydroxyl groups is 2. The highest BCUT2D eigenvalue weighted by atomic mass is 16.8. The van der Waals surface area contributed by atoms with Gasteiger partial charge >= 0.3 is 17.7 Å². The van der Waals surface area contributed by atoms with Crippen LogP contribution < -0.4 is 10.1 Å². The smallest absolute Gasteiger partial charge is 0.335 e. The number of carbonyl (C=O) groups excluding carboxylic acids is 5. The summed E-state index contributed by atoms with van der Waals surface area (Å²) in [5, 5.41) is 36.6. The van der Waals surface area contributed by atoms with Gasteiger partial charge in [0.15, 0.2) is 0 Å². The fourth-order valence-electron chi connectivity index (χ4n) is 7.37. The average Bonchev–Trinajstić information content (AvgIpc) is 3.62. The summed E-state index contributed by atoms with van der Waals surface area (Å²) >= 11 is 0. The molecule has 5 aliphatic rings. The highest BCUT2D eigenvalue weighted by Crippen LogP contribution is 2.53. The van der Waals surface area contributed by atoms with Gasteiger partial charge in [-0.05, 0) is 19.9 Å². The zero-order valence-corrected chi connectivity index (χ0v) is 31.6. The molecule has 15 heteroatoms. The van der Waals surface area contributed by atoms with Gasteiger partial charge in [-0.25, -0.2) is 4.79 Å². The zero-order chi connectivity index (χ0) is 40.0. The van der Waals surface area contributed by atoms with Crippen LogP contribution in [0.2, 0.25) is 0 Å². The summed E-state index contributed by atoms with van der Waals surface area (Å²) in [6, 6.07) is 0. The first-order chi connectivity index (χ1) is 25.3. The van der Waals surface area contributed by atoms with E-state index in [0.717, 1.165) is 12.3 Å². The quantitative estimate of drug-likeness (QED) is 0.320. The monoisotopic (exact) mass is 753 g/mol. The molecule has 4 heterocycles. The first-order valence-corrected chi connectivity index (χ1v) is 17.6. The Balaban J connectivity index is 1.66. The van der Waals surface area contributed by atoms with Gasteiger partial charge in [-0.15, -0.1) is 0 Å². The minimum Gasteiger partial charge on any atom is -0.507 e. The van der Waals surface area contributed by atoms with Crippen molar-refractivity contribution < 1.29 is 67.7 Å². The molecule has 1 spiro atoms. The summed E-state index contributed by atoms with van der Waals surface area (Å²) < 4.78 is 34.8. The maximum atomic E-state index is 14.3. The number of aliphatic hydroxyl groups excluding tert-OH is 2. The van der Waals surface area contributed by atoms with E-state index in [1.54, 1.807) is 39.8 Å². The van der Waals surface area contributed by atoms with Gasteiger partial charge in [0, 0.05) is 61.8 Å². The van der Waals surface area contributed by atoms with Crippen molar-refractivity contribution in [3.8, 4) is 11.5 Å². The third-order valence-electron chi connectivity index (χ3n) is 10.6. The molecule has 5 bridgehead atoms. The third kappa shape index (κ3) is 7.08. The van der Waals surface area contributed by atoms with Crippen LogP contribution in [-0.4, -0.2) is 88.7 Å². The second kappa shape index (κ2) is 15.1. The normalized spacial score (nSPS) is 34.5. The summed E-state index contributed by atoms with van der Waals surface area (Å²) in [6.07, 6.45) is 4.41. The van der Waals surface area contributed by atoms with Crippen LogP contribution in [0.1, 0.15) is 80.3 Å². The van der Waals surface area contributed by atoms with E-state index in [9.17, 15) is 39.3 Å². The fourth-order valence-corrected chi connectivity index (χ4v) is 7.37. The highest BCUT2D eigenvalue weighted by Gasteiger charge is 2.58. The Morgan fingerprint density at radius 1 is 0.963 bits per heavy atom. The van der Waals surface area contributed by atoms with Crippen molar-refractivity contribution >= 4 is 29.4 Å². The summed E-state index contributed by atoms with van der Waals surface area (Å²) in [7, 11) is 1.42. The minimum absolute atomic E-state index is 0.00812. The van der Waals surface area contributed by atoms with Crippen molar-refractivity contribution in [1.29, 1.82) is 0 Å². The van der Waals surface area contributed by atoms with Crippen LogP contribution in [0.25, 0.3) is 0 Å². The number of Topliss-reactive ketones (excluding diaryl/α,β-unsaturated/α-hetero) is 2. The number of carbonyl (C=O) groups is 5. The number of ketones is 2. The summed E-state index contributed by atoms with van der Waals surface area (Å²) in [6.45, 7) is 11.7. The number of benzene rings is 1. The molecular weight excluding hydrogens is 706 g/mol. The molecule has 0 radical (unpaired) electrons. The molecule has 4 N–H and O–H groups in total. The minimum atomic E-state index is -2.21. The maximum absolute atomic E-state index is 14.3. The first-order valence-electron chi connectivity index (χ1n) is 17.6. The molecule has 1 aromatic rings. The van der Waals surface area contributed by atoms with Crippen molar-refractivity contribution in [3.63, 3.8) is 0 Å². The van der Waals surface area contributed by atoms with Crippen molar-refractivity contribution in [2.75, 3.05) is 13.7 Å². The Hall–Kier alpha value is -4.83.